The van der Waals surface area contributed by atoms with Gasteiger partial charge in [-0.25, -0.2) is 0 Å². The van der Waals surface area contributed by atoms with Gasteiger partial charge in [-0.15, -0.1) is 0 Å². The minimum atomic E-state index is 0.170. The first-order valence-corrected chi connectivity index (χ1v) is 7.76. The first-order chi connectivity index (χ1) is 8.96. The van der Waals surface area contributed by atoms with Crippen LogP contribution >= 0.6 is 22.6 Å². The van der Waals surface area contributed by atoms with Crippen molar-refractivity contribution in [2.45, 2.75) is 32.7 Å². The van der Waals surface area contributed by atoms with E-state index in [4.69, 9.17) is 5.73 Å². The van der Waals surface area contributed by atoms with Crippen LogP contribution in [0.1, 0.15) is 37.6 Å². The third kappa shape index (κ3) is 2.46. The van der Waals surface area contributed by atoms with E-state index >= 15 is 0 Å². The number of halogens is 1. The molecule has 19 heavy (non-hydrogen) atoms. The van der Waals surface area contributed by atoms with Crippen LogP contribution in [0.5, 0.6) is 0 Å². The van der Waals surface area contributed by atoms with Crippen molar-refractivity contribution in [3.63, 3.8) is 0 Å². The maximum Gasteiger partial charge on any atom is 0.0453 e. The van der Waals surface area contributed by atoms with Crippen molar-refractivity contribution in [3.05, 3.63) is 51.4 Å². The van der Waals surface area contributed by atoms with Crippen molar-refractivity contribution in [2.24, 2.45) is 11.1 Å². The van der Waals surface area contributed by atoms with Gasteiger partial charge < -0.3 is 10.3 Å². The van der Waals surface area contributed by atoms with E-state index in [9.17, 15) is 0 Å². The van der Waals surface area contributed by atoms with Gasteiger partial charge in [-0.1, -0.05) is 13.8 Å². The van der Waals surface area contributed by atoms with E-state index in [0.29, 0.717) is 0 Å². The summed E-state index contributed by atoms with van der Waals surface area (Å²) in [7, 11) is 0. The van der Waals surface area contributed by atoms with Crippen molar-refractivity contribution < 1.29 is 0 Å². The molecule has 3 heteroatoms. The molecule has 2 nitrogen and oxygen atoms in total. The van der Waals surface area contributed by atoms with Gasteiger partial charge >= 0.3 is 0 Å². The number of aromatic nitrogens is 1. The zero-order chi connectivity index (χ0) is 13.6. The summed E-state index contributed by atoms with van der Waals surface area (Å²) in [5.41, 5.74) is 10.5. The summed E-state index contributed by atoms with van der Waals surface area (Å²) < 4.78 is 3.56. The fourth-order valence-corrected chi connectivity index (χ4v) is 3.44. The summed E-state index contributed by atoms with van der Waals surface area (Å²) in [6.07, 6.45) is 4.32. The van der Waals surface area contributed by atoms with E-state index in [1.165, 1.54) is 20.5 Å². The lowest BCUT2D eigenvalue weighted by Gasteiger charge is -2.34. The normalized spacial score (nSPS) is 21.2. The lowest BCUT2D eigenvalue weighted by atomic mass is 9.74. The second-order valence-corrected chi connectivity index (χ2v) is 7.46. The number of fused-ring (bicyclic) bond motifs is 1. The third-order valence-corrected chi connectivity index (χ3v) is 4.67. The number of hydrogen-bond acceptors (Lipinski definition) is 1. The molecule has 0 radical (unpaired) electrons. The van der Waals surface area contributed by atoms with Crippen LogP contribution in [0.25, 0.3) is 5.69 Å². The maximum atomic E-state index is 6.32. The average molecular weight is 366 g/mol. The van der Waals surface area contributed by atoms with Crippen LogP contribution in [0.15, 0.2) is 36.5 Å². The molecule has 2 N–H and O–H groups in total. The molecule has 1 aliphatic rings. The lowest BCUT2D eigenvalue weighted by Crippen LogP contribution is -2.30. The molecule has 0 bridgehead atoms. The molecule has 1 heterocycles. The monoisotopic (exact) mass is 366 g/mol. The van der Waals surface area contributed by atoms with Gasteiger partial charge in [0.15, 0.2) is 0 Å². The van der Waals surface area contributed by atoms with Crippen molar-refractivity contribution in [1.29, 1.82) is 0 Å². The maximum absolute atomic E-state index is 6.32. The number of rotatable bonds is 1. The zero-order valence-electron chi connectivity index (χ0n) is 11.4. The van der Waals surface area contributed by atoms with Crippen LogP contribution in [0, 0.1) is 8.99 Å². The van der Waals surface area contributed by atoms with Crippen LogP contribution in [0.4, 0.5) is 0 Å². The van der Waals surface area contributed by atoms with Crippen LogP contribution in [0.2, 0.25) is 0 Å². The SMILES string of the molecule is CC1(C)Cc2c(ccn2-c2ccc(I)cc2)C(N)C1. The molecule has 3 rings (SSSR count). The Labute approximate surface area is 128 Å². The van der Waals surface area contributed by atoms with Crippen LogP contribution in [0.3, 0.4) is 0 Å². The Bertz CT molecular complexity index is 596. The molecule has 100 valence electrons. The Morgan fingerprint density at radius 1 is 1.21 bits per heavy atom. The van der Waals surface area contributed by atoms with Crippen molar-refractivity contribution in [3.8, 4) is 5.69 Å². The summed E-state index contributed by atoms with van der Waals surface area (Å²) >= 11 is 2.34. The summed E-state index contributed by atoms with van der Waals surface area (Å²) in [5.74, 6) is 0. The topological polar surface area (TPSA) is 30.9 Å². The summed E-state index contributed by atoms with van der Waals surface area (Å²) in [6, 6.07) is 11.0. The van der Waals surface area contributed by atoms with E-state index in [2.05, 4.69) is 77.5 Å². The number of hydrogen-bond donors (Lipinski definition) is 1. The molecule has 0 spiro atoms. The summed E-state index contributed by atoms with van der Waals surface area (Å²) in [5, 5.41) is 0. The van der Waals surface area contributed by atoms with Crippen molar-refractivity contribution >= 4 is 22.6 Å². The Morgan fingerprint density at radius 2 is 1.89 bits per heavy atom. The van der Waals surface area contributed by atoms with Gasteiger partial charge in [-0.2, -0.15) is 0 Å². The van der Waals surface area contributed by atoms with E-state index in [-0.39, 0.29) is 11.5 Å². The molecule has 0 amide bonds. The predicted molar refractivity (Wildman–Crippen MR) is 87.5 cm³/mol. The van der Waals surface area contributed by atoms with E-state index in [1.807, 2.05) is 0 Å². The molecular weight excluding hydrogens is 347 g/mol. The number of benzene rings is 1. The highest BCUT2D eigenvalue weighted by Gasteiger charge is 2.32. The predicted octanol–water partition coefficient (Wildman–Crippen LogP) is 4.05. The standard InChI is InChI=1S/C16H19IN2/c1-16(2)9-14(18)13-7-8-19(15(13)10-16)12-5-3-11(17)4-6-12/h3-8,14H,9-10,18H2,1-2H3. The van der Waals surface area contributed by atoms with E-state index < -0.39 is 0 Å². The quantitative estimate of drug-likeness (QED) is 0.759. The highest BCUT2D eigenvalue weighted by Crippen LogP contribution is 2.40. The Morgan fingerprint density at radius 3 is 2.58 bits per heavy atom. The highest BCUT2D eigenvalue weighted by atomic mass is 127. The molecule has 1 atom stereocenters. The van der Waals surface area contributed by atoms with Crippen LogP contribution in [-0.2, 0) is 6.42 Å². The fraction of sp³-hybridized carbons (Fsp3) is 0.375. The van der Waals surface area contributed by atoms with Gasteiger partial charge in [0, 0.05) is 27.2 Å². The first kappa shape index (κ1) is 13.2. The molecule has 0 aliphatic heterocycles. The molecule has 1 aliphatic carbocycles. The Hall–Kier alpha value is -0.810. The fourth-order valence-electron chi connectivity index (χ4n) is 3.08. The summed E-state index contributed by atoms with van der Waals surface area (Å²) in [4.78, 5) is 0. The zero-order valence-corrected chi connectivity index (χ0v) is 13.5. The molecular formula is C16H19IN2. The second kappa shape index (κ2) is 4.63. The Kier molecular flexibility index (Phi) is 3.21. The van der Waals surface area contributed by atoms with Gasteiger partial charge in [0.25, 0.3) is 0 Å². The Balaban J connectivity index is 2.08. The highest BCUT2D eigenvalue weighted by molar-refractivity contribution is 14.1. The van der Waals surface area contributed by atoms with Gasteiger partial charge in [-0.05, 0) is 76.7 Å². The average Bonchev–Trinajstić information content (AvgIpc) is 2.72. The largest absolute Gasteiger partial charge is 0.324 e. The number of nitrogens with two attached hydrogens (primary N) is 1. The minimum absolute atomic E-state index is 0.170. The lowest BCUT2D eigenvalue weighted by molar-refractivity contribution is 0.278. The smallest absolute Gasteiger partial charge is 0.0453 e. The van der Waals surface area contributed by atoms with Gasteiger partial charge in [-0.3, -0.25) is 0 Å². The molecule has 0 saturated carbocycles. The first-order valence-electron chi connectivity index (χ1n) is 6.68. The second-order valence-electron chi connectivity index (χ2n) is 6.22. The van der Waals surface area contributed by atoms with Gasteiger partial charge in [0.1, 0.15) is 0 Å². The van der Waals surface area contributed by atoms with Crippen molar-refractivity contribution in [1.82, 2.24) is 4.57 Å². The van der Waals surface area contributed by atoms with Crippen molar-refractivity contribution in [2.75, 3.05) is 0 Å². The molecule has 1 aromatic heterocycles. The molecule has 2 aromatic rings. The molecule has 1 aromatic carbocycles. The third-order valence-electron chi connectivity index (χ3n) is 3.95. The van der Waals surface area contributed by atoms with Crippen LogP contribution in [-0.4, -0.2) is 4.57 Å². The minimum Gasteiger partial charge on any atom is -0.324 e. The molecule has 1 unspecified atom stereocenters. The van der Waals surface area contributed by atoms with Gasteiger partial charge in [0.2, 0.25) is 0 Å². The van der Waals surface area contributed by atoms with Crippen LogP contribution < -0.4 is 5.73 Å². The molecule has 0 fully saturated rings. The summed E-state index contributed by atoms with van der Waals surface area (Å²) in [6.45, 7) is 4.61. The van der Waals surface area contributed by atoms with E-state index in [1.54, 1.807) is 0 Å². The number of nitrogens with zero attached hydrogens (tertiary/aromatic N) is 1. The molecule has 0 saturated heterocycles. The van der Waals surface area contributed by atoms with E-state index in [0.717, 1.165) is 12.8 Å². The van der Waals surface area contributed by atoms with Gasteiger partial charge in [0.05, 0.1) is 0 Å².